The van der Waals surface area contributed by atoms with Crippen LogP contribution in [0.1, 0.15) is 19.3 Å². The SMILES string of the molecule is CN(C)NCCCCC#N. The Morgan fingerprint density at radius 1 is 1.40 bits per heavy atom. The highest BCUT2D eigenvalue weighted by Crippen LogP contribution is 1.90. The average Bonchev–Trinajstić information content (AvgIpc) is 1.87. The van der Waals surface area contributed by atoms with E-state index in [-0.39, 0.29) is 0 Å². The van der Waals surface area contributed by atoms with E-state index in [1.807, 2.05) is 19.1 Å². The van der Waals surface area contributed by atoms with Crippen LogP contribution in [0.2, 0.25) is 0 Å². The molecule has 0 aliphatic heterocycles. The molecule has 3 heteroatoms. The summed E-state index contributed by atoms with van der Waals surface area (Å²) >= 11 is 0. The van der Waals surface area contributed by atoms with Crippen LogP contribution in [0, 0.1) is 11.3 Å². The largest absolute Gasteiger partial charge is 0.256 e. The average molecular weight is 141 g/mol. The Bertz CT molecular complexity index is 104. The predicted octanol–water partition coefficient (Wildman–Crippen LogP) is 0.746. The van der Waals surface area contributed by atoms with E-state index in [9.17, 15) is 0 Å². The van der Waals surface area contributed by atoms with E-state index in [2.05, 4.69) is 11.5 Å². The van der Waals surface area contributed by atoms with Crippen LogP contribution >= 0.6 is 0 Å². The second kappa shape index (κ2) is 6.53. The van der Waals surface area contributed by atoms with Crippen LogP contribution in [-0.2, 0) is 0 Å². The van der Waals surface area contributed by atoms with E-state index in [1.54, 1.807) is 0 Å². The van der Waals surface area contributed by atoms with Gasteiger partial charge in [0.25, 0.3) is 0 Å². The molecule has 0 aromatic heterocycles. The van der Waals surface area contributed by atoms with Crippen molar-refractivity contribution in [2.24, 2.45) is 0 Å². The van der Waals surface area contributed by atoms with Crippen LogP contribution in [0.4, 0.5) is 0 Å². The number of hydrazine groups is 1. The summed E-state index contributed by atoms with van der Waals surface area (Å²) in [5.74, 6) is 0. The molecule has 0 aromatic rings. The van der Waals surface area contributed by atoms with E-state index < -0.39 is 0 Å². The van der Waals surface area contributed by atoms with Gasteiger partial charge >= 0.3 is 0 Å². The number of hydrogen-bond acceptors (Lipinski definition) is 3. The summed E-state index contributed by atoms with van der Waals surface area (Å²) in [7, 11) is 3.93. The highest BCUT2D eigenvalue weighted by molar-refractivity contribution is 4.67. The normalized spacial score (nSPS) is 9.80. The lowest BCUT2D eigenvalue weighted by molar-refractivity contribution is 0.287. The van der Waals surface area contributed by atoms with Gasteiger partial charge in [0.05, 0.1) is 6.07 Å². The molecule has 3 nitrogen and oxygen atoms in total. The van der Waals surface area contributed by atoms with Gasteiger partial charge in [0, 0.05) is 27.1 Å². The second-order valence-corrected chi connectivity index (χ2v) is 2.42. The second-order valence-electron chi connectivity index (χ2n) is 2.42. The van der Waals surface area contributed by atoms with Gasteiger partial charge in [-0.25, -0.2) is 0 Å². The summed E-state index contributed by atoms with van der Waals surface area (Å²) in [5.41, 5.74) is 3.13. The predicted molar refractivity (Wildman–Crippen MR) is 41.2 cm³/mol. The fraction of sp³-hybridized carbons (Fsp3) is 0.857. The summed E-state index contributed by atoms with van der Waals surface area (Å²) in [6.07, 6.45) is 2.75. The highest BCUT2D eigenvalue weighted by atomic mass is 15.5. The Balaban J connectivity index is 2.86. The molecule has 0 heterocycles. The summed E-state index contributed by atoms with van der Waals surface area (Å²) in [6.45, 7) is 0.967. The van der Waals surface area contributed by atoms with Gasteiger partial charge < -0.3 is 0 Å². The Kier molecular flexibility index (Phi) is 6.14. The van der Waals surface area contributed by atoms with Crippen molar-refractivity contribution in [1.29, 1.82) is 5.26 Å². The molecular formula is C7H15N3. The lowest BCUT2D eigenvalue weighted by Crippen LogP contribution is -2.30. The summed E-state index contributed by atoms with van der Waals surface area (Å²) in [5, 5.41) is 10.1. The molecule has 10 heavy (non-hydrogen) atoms. The van der Waals surface area contributed by atoms with Crippen molar-refractivity contribution in [2.75, 3.05) is 20.6 Å². The minimum Gasteiger partial charge on any atom is -0.256 e. The highest BCUT2D eigenvalue weighted by Gasteiger charge is 1.88. The third-order valence-corrected chi connectivity index (χ3v) is 1.14. The standard InChI is InChI=1S/C7H15N3/c1-10(2)9-7-5-3-4-6-8/h9H,3-5,7H2,1-2H3. The fourth-order valence-corrected chi connectivity index (χ4v) is 0.632. The van der Waals surface area contributed by atoms with E-state index in [0.29, 0.717) is 6.42 Å². The van der Waals surface area contributed by atoms with Crippen LogP contribution < -0.4 is 5.43 Å². The number of unbranched alkanes of at least 4 members (excludes halogenated alkanes) is 2. The van der Waals surface area contributed by atoms with Crippen molar-refractivity contribution in [3.63, 3.8) is 0 Å². The van der Waals surface area contributed by atoms with E-state index in [1.165, 1.54) is 0 Å². The molecule has 0 saturated heterocycles. The van der Waals surface area contributed by atoms with Crippen molar-refractivity contribution in [2.45, 2.75) is 19.3 Å². The molecule has 0 spiro atoms. The third-order valence-electron chi connectivity index (χ3n) is 1.14. The quantitative estimate of drug-likeness (QED) is 0.453. The smallest absolute Gasteiger partial charge is 0.0621 e. The first-order valence-electron chi connectivity index (χ1n) is 3.55. The maximum Gasteiger partial charge on any atom is 0.0621 e. The maximum atomic E-state index is 8.19. The van der Waals surface area contributed by atoms with Crippen molar-refractivity contribution < 1.29 is 0 Å². The number of nitriles is 1. The van der Waals surface area contributed by atoms with Crippen LogP contribution in [0.25, 0.3) is 0 Å². The Morgan fingerprint density at radius 3 is 2.60 bits per heavy atom. The maximum absolute atomic E-state index is 8.19. The monoisotopic (exact) mass is 141 g/mol. The first-order chi connectivity index (χ1) is 4.77. The Hall–Kier alpha value is -0.590. The molecule has 0 bridgehead atoms. The van der Waals surface area contributed by atoms with Crippen molar-refractivity contribution in [1.82, 2.24) is 10.4 Å². The zero-order valence-corrected chi connectivity index (χ0v) is 6.72. The van der Waals surface area contributed by atoms with Gasteiger partial charge in [0.1, 0.15) is 0 Å². The summed E-state index contributed by atoms with van der Waals surface area (Å²) in [4.78, 5) is 0. The third kappa shape index (κ3) is 7.41. The molecule has 0 amide bonds. The van der Waals surface area contributed by atoms with E-state index >= 15 is 0 Å². The van der Waals surface area contributed by atoms with Gasteiger partial charge in [-0.05, 0) is 12.8 Å². The number of rotatable bonds is 5. The van der Waals surface area contributed by atoms with Gasteiger partial charge in [0.2, 0.25) is 0 Å². The summed E-state index contributed by atoms with van der Waals surface area (Å²) in [6, 6.07) is 2.11. The lowest BCUT2D eigenvalue weighted by atomic mass is 10.2. The molecule has 0 aliphatic carbocycles. The molecule has 0 saturated carbocycles. The number of nitrogens with one attached hydrogen (secondary N) is 1. The van der Waals surface area contributed by atoms with Crippen LogP contribution in [0.5, 0.6) is 0 Å². The minimum absolute atomic E-state index is 0.676. The molecule has 0 aliphatic rings. The van der Waals surface area contributed by atoms with Crippen molar-refractivity contribution in [3.8, 4) is 6.07 Å². The molecule has 0 atom stereocenters. The molecule has 0 fully saturated rings. The molecular weight excluding hydrogens is 126 g/mol. The number of nitrogens with zero attached hydrogens (tertiary/aromatic N) is 2. The molecule has 0 aromatic carbocycles. The molecule has 0 radical (unpaired) electrons. The molecule has 1 N–H and O–H groups in total. The van der Waals surface area contributed by atoms with Crippen LogP contribution in [-0.4, -0.2) is 25.6 Å². The van der Waals surface area contributed by atoms with E-state index in [4.69, 9.17) is 5.26 Å². The molecule has 0 rings (SSSR count). The van der Waals surface area contributed by atoms with Gasteiger partial charge in [-0.1, -0.05) is 0 Å². The fourth-order valence-electron chi connectivity index (χ4n) is 0.632. The molecule has 0 unspecified atom stereocenters. The van der Waals surface area contributed by atoms with Crippen molar-refractivity contribution >= 4 is 0 Å². The van der Waals surface area contributed by atoms with Gasteiger partial charge in [-0.15, -0.1) is 0 Å². The number of hydrogen-bond donors (Lipinski definition) is 1. The van der Waals surface area contributed by atoms with E-state index in [0.717, 1.165) is 19.4 Å². The van der Waals surface area contributed by atoms with Crippen LogP contribution in [0.3, 0.4) is 0 Å². The lowest BCUT2D eigenvalue weighted by Gasteiger charge is -2.10. The zero-order chi connectivity index (χ0) is 7.82. The van der Waals surface area contributed by atoms with Gasteiger partial charge in [-0.3, -0.25) is 10.4 Å². The Morgan fingerprint density at radius 2 is 2.10 bits per heavy atom. The minimum atomic E-state index is 0.676. The van der Waals surface area contributed by atoms with Crippen molar-refractivity contribution in [3.05, 3.63) is 0 Å². The topological polar surface area (TPSA) is 39.1 Å². The zero-order valence-electron chi connectivity index (χ0n) is 6.72. The first-order valence-corrected chi connectivity index (χ1v) is 3.55. The van der Waals surface area contributed by atoms with Crippen LogP contribution in [0.15, 0.2) is 0 Å². The molecule has 58 valence electrons. The summed E-state index contributed by atoms with van der Waals surface area (Å²) < 4.78 is 0. The Labute approximate surface area is 62.6 Å². The van der Waals surface area contributed by atoms with Gasteiger partial charge in [0.15, 0.2) is 0 Å². The van der Waals surface area contributed by atoms with Gasteiger partial charge in [-0.2, -0.15) is 5.26 Å². The first kappa shape index (κ1) is 9.41.